The molecule has 33 heavy (non-hydrogen) atoms. The van der Waals surface area contributed by atoms with Gasteiger partial charge >= 0.3 is 0 Å². The highest BCUT2D eigenvalue weighted by Gasteiger charge is 2.23. The maximum atomic E-state index is 13.3. The van der Waals surface area contributed by atoms with E-state index < -0.39 is 0 Å². The van der Waals surface area contributed by atoms with Crippen LogP contribution in [-0.4, -0.2) is 45.9 Å². The minimum atomic E-state index is -0.123. The molecule has 0 unspecified atom stereocenters. The Morgan fingerprint density at radius 3 is 2.64 bits per heavy atom. The summed E-state index contributed by atoms with van der Waals surface area (Å²) < 4.78 is 7.31. The molecule has 1 N–H and O–H groups in total. The maximum absolute atomic E-state index is 13.3. The van der Waals surface area contributed by atoms with Crippen LogP contribution in [0.3, 0.4) is 0 Å². The van der Waals surface area contributed by atoms with Crippen molar-refractivity contribution < 1.29 is 14.0 Å². The van der Waals surface area contributed by atoms with Gasteiger partial charge in [0.2, 0.25) is 0 Å². The van der Waals surface area contributed by atoms with Crippen LogP contribution >= 0.6 is 0 Å². The van der Waals surface area contributed by atoms with Crippen molar-refractivity contribution in [1.82, 2.24) is 19.8 Å². The highest BCUT2D eigenvalue weighted by atomic mass is 16.3. The number of rotatable bonds is 8. The Bertz CT molecular complexity index is 1260. The van der Waals surface area contributed by atoms with Gasteiger partial charge in [0.15, 0.2) is 11.5 Å². The first kappa shape index (κ1) is 22.3. The molecule has 0 radical (unpaired) electrons. The molecule has 2 aromatic heterocycles. The summed E-state index contributed by atoms with van der Waals surface area (Å²) in [6.07, 6.45) is 3.15. The molecule has 0 fully saturated rings. The molecular weight excluding hydrogens is 416 g/mol. The Hall–Kier alpha value is -3.87. The first-order chi connectivity index (χ1) is 15.9. The van der Waals surface area contributed by atoms with Gasteiger partial charge in [-0.05, 0) is 48.7 Å². The summed E-state index contributed by atoms with van der Waals surface area (Å²) in [7, 11) is 3.65. The van der Waals surface area contributed by atoms with Crippen molar-refractivity contribution in [2.24, 2.45) is 7.05 Å². The monoisotopic (exact) mass is 444 g/mol. The topological polar surface area (TPSA) is 80.4 Å². The van der Waals surface area contributed by atoms with Crippen LogP contribution in [0.4, 0.5) is 0 Å². The van der Waals surface area contributed by atoms with Crippen molar-refractivity contribution >= 4 is 22.9 Å². The van der Waals surface area contributed by atoms with Gasteiger partial charge in [0.1, 0.15) is 11.2 Å². The second-order valence-electron chi connectivity index (χ2n) is 8.22. The van der Waals surface area contributed by atoms with Crippen LogP contribution < -0.4 is 5.32 Å². The second kappa shape index (κ2) is 9.73. The number of fused-ring (bicyclic) bond motifs is 1. The Labute approximate surface area is 193 Å². The molecule has 4 aromatic rings. The van der Waals surface area contributed by atoms with Gasteiger partial charge in [0.25, 0.3) is 11.8 Å². The average Bonchev–Trinajstić information content (AvgIpc) is 3.41. The van der Waals surface area contributed by atoms with E-state index in [-0.39, 0.29) is 17.9 Å². The van der Waals surface area contributed by atoms with Gasteiger partial charge in [0, 0.05) is 45.4 Å². The molecular formula is C26H28N4O3. The van der Waals surface area contributed by atoms with E-state index in [9.17, 15) is 9.59 Å². The molecule has 0 aliphatic rings. The van der Waals surface area contributed by atoms with Crippen LogP contribution in [0, 0.1) is 6.92 Å². The fourth-order valence-corrected chi connectivity index (χ4v) is 4.00. The molecule has 170 valence electrons. The number of nitrogens with zero attached hydrogens (tertiary/aromatic N) is 3. The SMILES string of the molecule is Cc1nc2cc(C(=O)N(C)[C@H](CCNC(=O)c3cccn3C)Cc3ccccc3)ccc2o1. The molecule has 0 saturated carbocycles. The molecule has 2 aromatic carbocycles. The fraction of sp³-hybridized carbons (Fsp3) is 0.269. The average molecular weight is 445 g/mol. The molecule has 2 amide bonds. The van der Waals surface area contributed by atoms with E-state index in [1.165, 1.54) is 0 Å². The molecule has 0 aliphatic carbocycles. The summed E-state index contributed by atoms with van der Waals surface area (Å²) in [5.41, 5.74) is 3.63. The molecule has 0 saturated heterocycles. The highest BCUT2D eigenvalue weighted by Crippen LogP contribution is 2.20. The fourth-order valence-electron chi connectivity index (χ4n) is 4.00. The molecule has 0 spiro atoms. The first-order valence-corrected chi connectivity index (χ1v) is 11.0. The van der Waals surface area contributed by atoms with E-state index in [0.717, 1.165) is 5.56 Å². The maximum Gasteiger partial charge on any atom is 0.267 e. The zero-order valence-electron chi connectivity index (χ0n) is 19.1. The second-order valence-corrected chi connectivity index (χ2v) is 8.22. The van der Waals surface area contributed by atoms with Crippen molar-refractivity contribution in [1.29, 1.82) is 0 Å². The number of carbonyl (C=O) groups excluding carboxylic acids is 2. The van der Waals surface area contributed by atoms with Crippen molar-refractivity contribution in [3.05, 3.63) is 89.6 Å². The number of hydrogen-bond acceptors (Lipinski definition) is 4. The van der Waals surface area contributed by atoms with E-state index in [0.29, 0.717) is 47.6 Å². The van der Waals surface area contributed by atoms with E-state index in [2.05, 4.69) is 22.4 Å². The third-order valence-corrected chi connectivity index (χ3v) is 5.86. The largest absolute Gasteiger partial charge is 0.441 e. The Balaban J connectivity index is 1.49. The summed E-state index contributed by atoms with van der Waals surface area (Å²) in [6.45, 7) is 2.24. The van der Waals surface area contributed by atoms with Gasteiger partial charge < -0.3 is 19.2 Å². The minimum Gasteiger partial charge on any atom is -0.441 e. The third kappa shape index (κ3) is 5.14. The predicted molar refractivity (Wildman–Crippen MR) is 127 cm³/mol. The van der Waals surface area contributed by atoms with Gasteiger partial charge in [-0.15, -0.1) is 0 Å². The minimum absolute atomic E-state index is 0.0905. The van der Waals surface area contributed by atoms with Crippen LogP contribution in [0.25, 0.3) is 11.1 Å². The highest BCUT2D eigenvalue weighted by molar-refractivity contribution is 5.97. The quantitative estimate of drug-likeness (QED) is 0.446. The summed E-state index contributed by atoms with van der Waals surface area (Å²) in [5, 5.41) is 2.98. The van der Waals surface area contributed by atoms with Crippen LogP contribution in [0.5, 0.6) is 0 Å². The summed E-state index contributed by atoms with van der Waals surface area (Å²) >= 11 is 0. The summed E-state index contributed by atoms with van der Waals surface area (Å²) in [5.74, 6) is 0.355. The van der Waals surface area contributed by atoms with Crippen LogP contribution in [0.1, 0.15) is 38.7 Å². The van der Waals surface area contributed by atoms with Gasteiger partial charge in [-0.25, -0.2) is 4.98 Å². The standard InChI is InChI=1S/C26H28N4O3/c1-18-28-22-17-20(11-12-24(22)33-18)26(32)30(3)21(16-19-8-5-4-6-9-19)13-14-27-25(31)23-10-7-15-29(23)2/h4-12,15,17,21H,13-14,16H2,1-3H3,(H,27,31)/t21-/m1/s1. The number of oxazole rings is 1. The van der Waals surface area contributed by atoms with E-state index in [4.69, 9.17) is 4.42 Å². The molecule has 4 rings (SSSR count). The van der Waals surface area contributed by atoms with E-state index in [1.54, 1.807) is 40.7 Å². The number of likely N-dealkylation sites (N-methyl/N-ethyl adjacent to an activating group) is 1. The van der Waals surface area contributed by atoms with Gasteiger partial charge in [-0.3, -0.25) is 9.59 Å². The summed E-state index contributed by atoms with van der Waals surface area (Å²) in [6, 6.07) is 18.9. The van der Waals surface area contributed by atoms with Gasteiger partial charge in [-0.2, -0.15) is 0 Å². The third-order valence-electron chi connectivity index (χ3n) is 5.86. The number of amides is 2. The number of benzene rings is 2. The zero-order valence-corrected chi connectivity index (χ0v) is 19.1. The number of carbonyl (C=O) groups is 2. The lowest BCUT2D eigenvalue weighted by Gasteiger charge is -2.29. The number of hydrogen-bond donors (Lipinski definition) is 1. The van der Waals surface area contributed by atoms with Gasteiger partial charge in [0.05, 0.1) is 0 Å². The van der Waals surface area contributed by atoms with Crippen LogP contribution in [-0.2, 0) is 13.5 Å². The van der Waals surface area contributed by atoms with Crippen molar-refractivity contribution in [3.8, 4) is 0 Å². The predicted octanol–water partition coefficient (Wildman–Crippen LogP) is 3.98. The van der Waals surface area contributed by atoms with Gasteiger partial charge in [-0.1, -0.05) is 30.3 Å². The first-order valence-electron chi connectivity index (χ1n) is 11.0. The lowest BCUT2D eigenvalue weighted by Crippen LogP contribution is -2.41. The molecule has 7 heteroatoms. The lowest BCUT2D eigenvalue weighted by atomic mass is 10.0. The Morgan fingerprint density at radius 2 is 1.91 bits per heavy atom. The summed E-state index contributed by atoms with van der Waals surface area (Å²) in [4.78, 5) is 31.9. The molecule has 0 aliphatic heterocycles. The van der Waals surface area contributed by atoms with Crippen molar-refractivity contribution in [2.45, 2.75) is 25.8 Å². The number of nitrogens with one attached hydrogen (secondary N) is 1. The zero-order chi connectivity index (χ0) is 23.4. The number of aromatic nitrogens is 2. The smallest absolute Gasteiger partial charge is 0.267 e. The molecule has 2 heterocycles. The Morgan fingerprint density at radius 1 is 1.12 bits per heavy atom. The normalized spacial score (nSPS) is 12.0. The van der Waals surface area contributed by atoms with Crippen molar-refractivity contribution in [3.63, 3.8) is 0 Å². The molecule has 1 atom stereocenters. The molecule has 7 nitrogen and oxygen atoms in total. The molecule has 0 bridgehead atoms. The van der Waals surface area contributed by atoms with Crippen LogP contribution in [0.2, 0.25) is 0 Å². The van der Waals surface area contributed by atoms with Crippen LogP contribution in [0.15, 0.2) is 71.3 Å². The van der Waals surface area contributed by atoms with E-state index in [1.807, 2.05) is 44.6 Å². The lowest BCUT2D eigenvalue weighted by molar-refractivity contribution is 0.0723. The number of aryl methyl sites for hydroxylation is 2. The van der Waals surface area contributed by atoms with E-state index >= 15 is 0 Å². The Kier molecular flexibility index (Phi) is 6.58. The van der Waals surface area contributed by atoms with Crippen molar-refractivity contribution in [2.75, 3.05) is 13.6 Å².